The van der Waals surface area contributed by atoms with Crippen LogP contribution in [0.1, 0.15) is 25.0 Å². The van der Waals surface area contributed by atoms with Crippen LogP contribution >= 0.6 is 0 Å². The number of hydrogen-bond donors (Lipinski definition) is 4. The van der Waals surface area contributed by atoms with E-state index in [1.807, 2.05) is 0 Å². The van der Waals surface area contributed by atoms with Crippen LogP contribution < -0.4 is 0 Å². The number of nitrogens with zero attached hydrogens (tertiary/aromatic N) is 4. The van der Waals surface area contributed by atoms with Gasteiger partial charge in [0.05, 0.1) is 11.4 Å². The van der Waals surface area contributed by atoms with Crippen molar-refractivity contribution in [1.29, 1.82) is 0 Å². The van der Waals surface area contributed by atoms with Crippen LogP contribution in [-0.4, -0.2) is 82.7 Å². The topological polar surface area (TPSA) is 146 Å². The van der Waals surface area contributed by atoms with Gasteiger partial charge in [-0.25, -0.2) is 0 Å². The summed E-state index contributed by atoms with van der Waals surface area (Å²) in [5, 5.41) is 46.1. The molecule has 10 heteroatoms. The minimum atomic E-state index is -0.0958. The van der Waals surface area contributed by atoms with Crippen molar-refractivity contribution >= 4 is 24.2 Å². The van der Waals surface area contributed by atoms with Crippen LogP contribution in [0.15, 0.2) is 46.6 Å². The number of benzene rings is 2. The van der Waals surface area contributed by atoms with E-state index < -0.39 is 0 Å². The van der Waals surface area contributed by atoms with Gasteiger partial charge >= 0.3 is 0 Å². The highest BCUT2D eigenvalue weighted by Crippen LogP contribution is 2.24. The maximum Gasteiger partial charge on any atom is 0.209 e. The molecule has 0 saturated carbocycles. The molecule has 32 heavy (non-hydrogen) atoms. The zero-order valence-electron chi connectivity index (χ0n) is 19.0. The summed E-state index contributed by atoms with van der Waals surface area (Å²) < 4.78 is 0. The summed E-state index contributed by atoms with van der Waals surface area (Å²) in [6, 6.07) is 8.39. The lowest BCUT2D eigenvalue weighted by Crippen LogP contribution is -2.06. The molecule has 0 atom stereocenters. The quantitative estimate of drug-likeness (QED) is 0.314. The lowest BCUT2D eigenvalue weighted by Gasteiger charge is -2.05. The molecule has 0 spiro atoms. The SMILES string of the molecule is C/C(=N\N=C(/C)c1ccc(O)cc1O)c1ccc(O)cc1O.CN(C)C=O.CN(C)C=O. The minimum Gasteiger partial charge on any atom is -0.508 e. The predicted molar refractivity (Wildman–Crippen MR) is 123 cm³/mol. The third-order valence-electron chi connectivity index (χ3n) is 3.51. The average Bonchev–Trinajstić information content (AvgIpc) is 2.72. The fraction of sp³-hybridized carbons (Fsp3) is 0.273. The molecule has 0 aliphatic heterocycles. The molecule has 2 aromatic carbocycles. The van der Waals surface area contributed by atoms with Crippen molar-refractivity contribution in [3.8, 4) is 23.0 Å². The Hall–Kier alpha value is -4.08. The zero-order chi connectivity index (χ0) is 24.8. The maximum atomic E-state index is 9.76. The van der Waals surface area contributed by atoms with Crippen LogP contribution in [0.3, 0.4) is 0 Å². The lowest BCUT2D eigenvalue weighted by atomic mass is 10.1. The Morgan fingerprint density at radius 1 is 0.688 bits per heavy atom. The molecule has 0 bridgehead atoms. The molecule has 0 aliphatic carbocycles. The highest BCUT2D eigenvalue weighted by atomic mass is 16.3. The summed E-state index contributed by atoms with van der Waals surface area (Å²) in [5.41, 5.74) is 1.80. The summed E-state index contributed by atoms with van der Waals surface area (Å²) in [7, 11) is 6.75. The molecule has 0 aliphatic rings. The average molecular weight is 447 g/mol. The second kappa shape index (κ2) is 14.0. The van der Waals surface area contributed by atoms with E-state index >= 15 is 0 Å². The first-order valence-electron chi connectivity index (χ1n) is 9.29. The lowest BCUT2D eigenvalue weighted by molar-refractivity contribution is -0.116. The Balaban J connectivity index is 0.000000805. The largest absolute Gasteiger partial charge is 0.508 e. The summed E-state index contributed by atoms with van der Waals surface area (Å²) in [6.45, 7) is 3.33. The van der Waals surface area contributed by atoms with E-state index in [4.69, 9.17) is 0 Å². The molecule has 0 unspecified atom stereocenters. The molecular formula is C22H30N4O6. The number of rotatable bonds is 5. The Bertz CT molecular complexity index is 878. The summed E-state index contributed by atoms with van der Waals surface area (Å²) in [6.07, 6.45) is 1.50. The van der Waals surface area contributed by atoms with Gasteiger partial charge in [0, 0.05) is 51.5 Å². The van der Waals surface area contributed by atoms with Gasteiger partial charge in [0.25, 0.3) is 0 Å². The van der Waals surface area contributed by atoms with Crippen LogP contribution in [0, 0.1) is 0 Å². The van der Waals surface area contributed by atoms with Gasteiger partial charge in [-0.1, -0.05) is 0 Å². The molecular weight excluding hydrogens is 416 g/mol. The number of aromatic hydroxyl groups is 4. The molecule has 10 nitrogen and oxygen atoms in total. The summed E-state index contributed by atoms with van der Waals surface area (Å²) >= 11 is 0. The molecule has 2 rings (SSSR count). The number of amides is 2. The second-order valence-corrected chi connectivity index (χ2v) is 6.91. The fourth-order valence-corrected chi connectivity index (χ4v) is 1.91. The highest BCUT2D eigenvalue weighted by molar-refractivity contribution is 6.04. The minimum absolute atomic E-state index is 0.0391. The van der Waals surface area contributed by atoms with Crippen LogP contribution in [0.2, 0.25) is 0 Å². The normalized spacial score (nSPS) is 10.7. The van der Waals surface area contributed by atoms with Crippen LogP contribution in [0.25, 0.3) is 0 Å². The van der Waals surface area contributed by atoms with Crippen molar-refractivity contribution in [3.63, 3.8) is 0 Å². The second-order valence-electron chi connectivity index (χ2n) is 6.91. The van der Waals surface area contributed by atoms with E-state index in [9.17, 15) is 30.0 Å². The fourth-order valence-electron chi connectivity index (χ4n) is 1.91. The van der Waals surface area contributed by atoms with Gasteiger partial charge < -0.3 is 30.2 Å². The molecule has 174 valence electrons. The van der Waals surface area contributed by atoms with Crippen molar-refractivity contribution in [2.45, 2.75) is 13.8 Å². The molecule has 0 radical (unpaired) electrons. The van der Waals surface area contributed by atoms with E-state index in [1.165, 1.54) is 46.2 Å². The molecule has 0 saturated heterocycles. The standard InChI is InChI=1S/C16H16N2O4.2C3H7NO/c1-9(13-5-3-11(19)7-15(13)21)17-18-10(2)14-6-4-12(20)8-16(14)22;2*1-4(2)3-5/h3-8,19-22H,1-2H3;2*3H,1-2H3/b17-9+,18-10+;;. The zero-order valence-corrected chi connectivity index (χ0v) is 19.0. The van der Waals surface area contributed by atoms with Crippen LogP contribution in [0.4, 0.5) is 0 Å². The van der Waals surface area contributed by atoms with Gasteiger partial charge in [0.15, 0.2) is 0 Å². The molecule has 0 aromatic heterocycles. The van der Waals surface area contributed by atoms with E-state index in [2.05, 4.69) is 10.2 Å². The third kappa shape index (κ3) is 10.6. The van der Waals surface area contributed by atoms with Crippen LogP contribution in [0.5, 0.6) is 23.0 Å². The number of phenolic OH excluding ortho intramolecular Hbond substituents is 4. The first-order valence-corrected chi connectivity index (χ1v) is 9.29. The number of hydrogen-bond acceptors (Lipinski definition) is 8. The summed E-state index contributed by atoms with van der Waals surface area (Å²) in [5.74, 6) is -0.270. The maximum absolute atomic E-state index is 9.76. The molecule has 2 amide bonds. The van der Waals surface area contributed by atoms with Crippen molar-refractivity contribution in [2.75, 3.05) is 28.2 Å². The summed E-state index contributed by atoms with van der Waals surface area (Å²) in [4.78, 5) is 21.8. The predicted octanol–water partition coefficient (Wildman–Crippen LogP) is 2.15. The van der Waals surface area contributed by atoms with Gasteiger partial charge in [-0.3, -0.25) is 9.59 Å². The van der Waals surface area contributed by atoms with E-state index in [1.54, 1.807) is 42.0 Å². The monoisotopic (exact) mass is 446 g/mol. The number of phenols is 4. The van der Waals surface area contributed by atoms with Gasteiger partial charge in [-0.2, -0.15) is 10.2 Å². The first-order chi connectivity index (χ1) is 14.9. The first kappa shape index (κ1) is 27.9. The Morgan fingerprint density at radius 2 is 0.969 bits per heavy atom. The molecule has 0 fully saturated rings. The van der Waals surface area contributed by atoms with Gasteiger partial charge in [0.1, 0.15) is 23.0 Å². The Morgan fingerprint density at radius 3 is 1.19 bits per heavy atom. The van der Waals surface area contributed by atoms with Gasteiger partial charge in [0.2, 0.25) is 12.8 Å². The van der Waals surface area contributed by atoms with E-state index in [0.29, 0.717) is 22.6 Å². The third-order valence-corrected chi connectivity index (χ3v) is 3.51. The van der Waals surface area contributed by atoms with Gasteiger partial charge in [-0.05, 0) is 38.1 Å². The van der Waals surface area contributed by atoms with Gasteiger partial charge in [-0.15, -0.1) is 0 Å². The van der Waals surface area contributed by atoms with Crippen molar-refractivity contribution in [3.05, 3.63) is 47.5 Å². The molecule has 2 aromatic rings. The Labute approximate surface area is 187 Å². The Kier molecular flexibility index (Phi) is 12.2. The van der Waals surface area contributed by atoms with Crippen molar-refractivity contribution in [2.24, 2.45) is 10.2 Å². The number of carbonyl (C=O) groups excluding carboxylic acids is 2. The van der Waals surface area contributed by atoms with E-state index in [-0.39, 0.29) is 23.0 Å². The highest BCUT2D eigenvalue weighted by Gasteiger charge is 2.07. The molecule has 0 heterocycles. The van der Waals surface area contributed by atoms with Crippen LogP contribution in [-0.2, 0) is 9.59 Å². The van der Waals surface area contributed by atoms with Crippen molar-refractivity contribution in [1.82, 2.24) is 9.80 Å². The number of carbonyl (C=O) groups is 2. The van der Waals surface area contributed by atoms with E-state index in [0.717, 1.165) is 12.8 Å². The molecule has 4 N–H and O–H groups in total. The van der Waals surface area contributed by atoms with Crippen molar-refractivity contribution < 1.29 is 30.0 Å². The smallest absolute Gasteiger partial charge is 0.209 e.